The molecule has 1 amide bonds. The van der Waals surface area contributed by atoms with Crippen molar-refractivity contribution in [3.63, 3.8) is 0 Å². The van der Waals surface area contributed by atoms with E-state index in [1.165, 1.54) is 12.3 Å². The maximum absolute atomic E-state index is 13.5. The average molecular weight is 406 g/mol. The van der Waals surface area contributed by atoms with Crippen LogP contribution in [0, 0.1) is 11.6 Å². The lowest BCUT2D eigenvalue weighted by molar-refractivity contribution is -0.111. The van der Waals surface area contributed by atoms with E-state index in [0.717, 1.165) is 28.0 Å². The van der Waals surface area contributed by atoms with Gasteiger partial charge in [0.15, 0.2) is 11.6 Å². The molecule has 2 aromatic heterocycles. The predicted octanol–water partition coefficient (Wildman–Crippen LogP) is 3.79. The van der Waals surface area contributed by atoms with Crippen molar-refractivity contribution >= 4 is 28.1 Å². The summed E-state index contributed by atoms with van der Waals surface area (Å²) in [4.78, 5) is 25.2. The van der Waals surface area contributed by atoms with Crippen molar-refractivity contribution in [1.82, 2.24) is 14.3 Å². The third kappa shape index (κ3) is 3.50. The number of rotatable bonds is 4. The van der Waals surface area contributed by atoms with Gasteiger partial charge in [-0.15, -0.1) is 0 Å². The van der Waals surface area contributed by atoms with Crippen molar-refractivity contribution in [1.29, 1.82) is 0 Å². The van der Waals surface area contributed by atoms with Crippen molar-refractivity contribution in [3.05, 3.63) is 89.5 Å². The second-order valence-electron chi connectivity index (χ2n) is 6.70. The maximum atomic E-state index is 13.5. The summed E-state index contributed by atoms with van der Waals surface area (Å²) in [6.07, 6.45) is 3.13. The van der Waals surface area contributed by atoms with Crippen LogP contribution in [0.15, 0.2) is 72.3 Å². The van der Waals surface area contributed by atoms with Crippen molar-refractivity contribution in [2.24, 2.45) is 7.05 Å². The van der Waals surface area contributed by atoms with Gasteiger partial charge in [0, 0.05) is 30.7 Å². The number of benzene rings is 2. The van der Waals surface area contributed by atoms with Gasteiger partial charge in [-0.05, 0) is 41.8 Å². The Labute approximate surface area is 169 Å². The highest BCUT2D eigenvalue weighted by molar-refractivity contribution is 6.19. The van der Waals surface area contributed by atoms with E-state index < -0.39 is 23.1 Å². The molecule has 30 heavy (non-hydrogen) atoms. The van der Waals surface area contributed by atoms with Crippen LogP contribution in [0.25, 0.3) is 27.7 Å². The van der Waals surface area contributed by atoms with E-state index in [0.29, 0.717) is 5.69 Å². The molecule has 2 heterocycles. The number of nitrogens with zero attached hydrogens (tertiary/aromatic N) is 3. The maximum Gasteiger partial charge on any atom is 0.272 e. The standard InChI is InChI=1S/C22H16F2N4O2/c1-13(28-10-7-15-11-18(23)19(24)12-17(15)22(28)30)21(29)25-16-5-3-14(4-6-16)20-8-9-27(2)26-20/h3-12H,1H2,2H3,(H,25,29). The van der Waals surface area contributed by atoms with E-state index in [1.807, 2.05) is 19.3 Å². The number of hydrogen-bond acceptors (Lipinski definition) is 3. The van der Waals surface area contributed by atoms with Crippen LogP contribution in [-0.2, 0) is 11.8 Å². The van der Waals surface area contributed by atoms with E-state index >= 15 is 0 Å². The number of nitrogens with one attached hydrogen (secondary N) is 1. The Balaban J connectivity index is 1.56. The first-order chi connectivity index (χ1) is 14.3. The lowest BCUT2D eigenvalue weighted by Crippen LogP contribution is -2.25. The number of carbonyl (C=O) groups excluding carboxylic acids is 1. The van der Waals surface area contributed by atoms with Crippen molar-refractivity contribution in [3.8, 4) is 11.3 Å². The first-order valence-corrected chi connectivity index (χ1v) is 8.94. The highest BCUT2D eigenvalue weighted by atomic mass is 19.2. The Kier molecular flexibility index (Phi) is 4.75. The molecule has 0 atom stereocenters. The van der Waals surface area contributed by atoms with Gasteiger partial charge in [0.1, 0.15) is 5.70 Å². The molecule has 8 heteroatoms. The lowest BCUT2D eigenvalue weighted by atomic mass is 10.1. The summed E-state index contributed by atoms with van der Waals surface area (Å²) >= 11 is 0. The largest absolute Gasteiger partial charge is 0.321 e. The molecule has 150 valence electrons. The molecule has 0 radical (unpaired) electrons. The monoisotopic (exact) mass is 406 g/mol. The zero-order valence-electron chi connectivity index (χ0n) is 15.9. The fraction of sp³-hybridized carbons (Fsp3) is 0.0455. The van der Waals surface area contributed by atoms with Gasteiger partial charge >= 0.3 is 0 Å². The predicted molar refractivity (Wildman–Crippen MR) is 111 cm³/mol. The second-order valence-corrected chi connectivity index (χ2v) is 6.70. The summed E-state index contributed by atoms with van der Waals surface area (Å²) in [6.45, 7) is 3.67. The molecule has 0 bridgehead atoms. The number of fused-ring (bicyclic) bond motifs is 1. The Morgan fingerprint density at radius 3 is 2.40 bits per heavy atom. The Hall–Kier alpha value is -4.07. The minimum atomic E-state index is -1.14. The quantitative estimate of drug-likeness (QED) is 0.525. The smallest absolute Gasteiger partial charge is 0.272 e. The SMILES string of the molecule is C=C(C(=O)Nc1ccc(-c2ccn(C)n2)cc1)n1ccc2cc(F)c(F)cc2c1=O. The van der Waals surface area contributed by atoms with Crippen LogP contribution in [-0.4, -0.2) is 20.3 Å². The molecule has 0 unspecified atom stereocenters. The molecule has 0 saturated carbocycles. The number of carbonyl (C=O) groups is 1. The van der Waals surface area contributed by atoms with E-state index in [1.54, 1.807) is 28.9 Å². The number of halogens is 2. The molecule has 0 fully saturated rings. The van der Waals surface area contributed by atoms with Crippen LogP contribution < -0.4 is 10.9 Å². The number of anilines is 1. The van der Waals surface area contributed by atoms with Gasteiger partial charge in [0.2, 0.25) is 0 Å². The lowest BCUT2D eigenvalue weighted by Gasteiger charge is -2.11. The minimum Gasteiger partial charge on any atom is -0.321 e. The van der Waals surface area contributed by atoms with Gasteiger partial charge in [0.05, 0.1) is 11.1 Å². The van der Waals surface area contributed by atoms with Crippen LogP contribution in [0.2, 0.25) is 0 Å². The molecule has 4 rings (SSSR count). The number of aryl methyl sites for hydroxylation is 1. The first kappa shape index (κ1) is 19.3. The first-order valence-electron chi connectivity index (χ1n) is 8.94. The molecular formula is C22H16F2N4O2. The van der Waals surface area contributed by atoms with Crippen LogP contribution in [0.4, 0.5) is 14.5 Å². The van der Waals surface area contributed by atoms with Crippen molar-refractivity contribution in [2.45, 2.75) is 0 Å². The summed E-state index contributed by atoms with van der Waals surface area (Å²) in [5.41, 5.74) is 1.36. The summed E-state index contributed by atoms with van der Waals surface area (Å²) in [5, 5.41) is 7.15. The van der Waals surface area contributed by atoms with E-state index in [-0.39, 0.29) is 16.5 Å². The van der Waals surface area contributed by atoms with E-state index in [2.05, 4.69) is 17.0 Å². The number of amides is 1. The number of aromatic nitrogens is 3. The van der Waals surface area contributed by atoms with Crippen LogP contribution >= 0.6 is 0 Å². The molecule has 1 N–H and O–H groups in total. The molecule has 0 aliphatic rings. The molecule has 4 aromatic rings. The minimum absolute atomic E-state index is 0.0509. The normalized spacial score (nSPS) is 10.9. The third-order valence-electron chi connectivity index (χ3n) is 4.65. The fourth-order valence-corrected chi connectivity index (χ4v) is 3.06. The number of pyridine rings is 1. The van der Waals surface area contributed by atoms with Gasteiger partial charge in [0.25, 0.3) is 11.5 Å². The highest BCUT2D eigenvalue weighted by Gasteiger charge is 2.14. The second kappa shape index (κ2) is 7.40. The molecule has 0 aliphatic heterocycles. The molecule has 2 aromatic carbocycles. The Bertz CT molecular complexity index is 1350. The van der Waals surface area contributed by atoms with E-state index in [4.69, 9.17) is 0 Å². The zero-order valence-corrected chi connectivity index (χ0v) is 15.9. The molecule has 0 spiro atoms. The van der Waals surface area contributed by atoms with Gasteiger partial charge in [-0.1, -0.05) is 18.7 Å². The summed E-state index contributed by atoms with van der Waals surface area (Å²) < 4.78 is 29.6. The average Bonchev–Trinajstić information content (AvgIpc) is 3.16. The molecule has 6 nitrogen and oxygen atoms in total. The van der Waals surface area contributed by atoms with Crippen molar-refractivity contribution < 1.29 is 13.6 Å². The van der Waals surface area contributed by atoms with E-state index in [9.17, 15) is 18.4 Å². The molecule has 0 aliphatic carbocycles. The summed E-state index contributed by atoms with van der Waals surface area (Å²) in [7, 11) is 1.82. The Morgan fingerprint density at radius 2 is 1.73 bits per heavy atom. The topological polar surface area (TPSA) is 68.9 Å². The third-order valence-corrected chi connectivity index (χ3v) is 4.65. The van der Waals surface area contributed by atoms with Gasteiger partial charge in [-0.25, -0.2) is 8.78 Å². The zero-order chi connectivity index (χ0) is 21.4. The molecular weight excluding hydrogens is 390 g/mol. The summed E-state index contributed by atoms with van der Waals surface area (Å²) in [6, 6.07) is 12.1. The molecule has 0 saturated heterocycles. The summed E-state index contributed by atoms with van der Waals surface area (Å²) in [5.74, 6) is -2.80. The fourth-order valence-electron chi connectivity index (χ4n) is 3.06. The van der Waals surface area contributed by atoms with Gasteiger partial charge in [-0.2, -0.15) is 5.10 Å². The van der Waals surface area contributed by atoms with Crippen molar-refractivity contribution in [2.75, 3.05) is 5.32 Å². The Morgan fingerprint density at radius 1 is 1.03 bits per heavy atom. The number of hydrogen-bond donors (Lipinski definition) is 1. The highest BCUT2D eigenvalue weighted by Crippen LogP contribution is 2.20. The van der Waals surface area contributed by atoms with Crippen LogP contribution in [0.1, 0.15) is 0 Å². The van der Waals surface area contributed by atoms with Gasteiger partial charge < -0.3 is 5.32 Å². The van der Waals surface area contributed by atoms with Crippen LogP contribution in [0.3, 0.4) is 0 Å². The van der Waals surface area contributed by atoms with Crippen LogP contribution in [0.5, 0.6) is 0 Å². The van der Waals surface area contributed by atoms with Gasteiger partial charge in [-0.3, -0.25) is 18.8 Å².